The molecule has 0 unspecified atom stereocenters. The minimum Gasteiger partial charge on any atom is -0.465 e. The largest absolute Gasteiger partial charge is 0.465 e. The Kier molecular flexibility index (Phi) is 6.09. The third-order valence-electron chi connectivity index (χ3n) is 5.88. The summed E-state index contributed by atoms with van der Waals surface area (Å²) in [7, 11) is -3.35. The quantitative estimate of drug-likeness (QED) is 0.729. The van der Waals surface area contributed by atoms with Gasteiger partial charge in [-0.15, -0.1) is 0 Å². The lowest BCUT2D eigenvalue weighted by atomic mass is 10.1. The smallest absolute Gasteiger partial charge is 0.251 e. The summed E-state index contributed by atoms with van der Waals surface area (Å²) in [6.45, 7) is 7.06. The van der Waals surface area contributed by atoms with Crippen molar-refractivity contribution in [3.63, 3.8) is 0 Å². The van der Waals surface area contributed by atoms with Crippen LogP contribution in [-0.2, 0) is 21.2 Å². The van der Waals surface area contributed by atoms with Crippen LogP contribution in [0.1, 0.15) is 40.4 Å². The highest BCUT2D eigenvalue weighted by Crippen LogP contribution is 2.34. The van der Waals surface area contributed by atoms with E-state index in [0.717, 1.165) is 30.2 Å². The number of carbonyl (C=O) groups excluding carboxylic acids is 1. The third-order valence-corrected chi connectivity index (χ3v) is 7.16. The Morgan fingerprint density at radius 1 is 1.23 bits per heavy atom. The Labute approximate surface area is 183 Å². The van der Waals surface area contributed by atoms with E-state index in [9.17, 15) is 13.2 Å². The van der Waals surface area contributed by atoms with Crippen molar-refractivity contribution < 1.29 is 22.4 Å². The summed E-state index contributed by atoms with van der Waals surface area (Å²) in [4.78, 5) is 15.2. The number of rotatable bonds is 6. The molecule has 0 saturated carbocycles. The lowest BCUT2D eigenvalue weighted by Crippen LogP contribution is -2.43. The van der Waals surface area contributed by atoms with Crippen LogP contribution in [-0.4, -0.2) is 64.4 Å². The Bertz CT molecular complexity index is 1060. The van der Waals surface area contributed by atoms with Gasteiger partial charge in [0.25, 0.3) is 5.91 Å². The second-order valence-corrected chi connectivity index (χ2v) is 10.1. The van der Waals surface area contributed by atoms with Crippen molar-refractivity contribution in [3.05, 3.63) is 53.0 Å². The standard InChI is InChI=1S/C22H29N3O5S/c1-15-12-18-13-17(5-6-19(18)25(15)31(3,27)28)22(26)23-14-20(21-7-4-16(2)30-21)24-8-10-29-11-9-24/h4-7,13,15,20H,8-12,14H2,1-3H3,(H,23,26)/t15-,20-/m0/s1. The van der Waals surface area contributed by atoms with Gasteiger partial charge in [-0.1, -0.05) is 0 Å². The molecule has 0 spiro atoms. The number of sulfonamides is 1. The molecular weight excluding hydrogens is 418 g/mol. The number of ether oxygens (including phenoxy) is 1. The second kappa shape index (κ2) is 8.64. The zero-order chi connectivity index (χ0) is 22.2. The summed E-state index contributed by atoms with van der Waals surface area (Å²) in [6.07, 6.45) is 1.80. The fourth-order valence-corrected chi connectivity index (χ4v) is 5.74. The summed E-state index contributed by atoms with van der Waals surface area (Å²) in [5.74, 6) is 1.48. The van der Waals surface area contributed by atoms with Crippen LogP contribution >= 0.6 is 0 Å². The number of nitrogens with zero attached hydrogens (tertiary/aromatic N) is 2. The van der Waals surface area contributed by atoms with Crippen LogP contribution in [0, 0.1) is 6.92 Å². The topological polar surface area (TPSA) is 92.1 Å². The highest BCUT2D eigenvalue weighted by molar-refractivity contribution is 7.92. The second-order valence-electron chi connectivity index (χ2n) is 8.28. The molecule has 0 aliphatic carbocycles. The molecule has 0 bridgehead atoms. The summed E-state index contributed by atoms with van der Waals surface area (Å²) in [5.41, 5.74) is 2.05. The van der Waals surface area contributed by atoms with Gasteiger partial charge in [-0.3, -0.25) is 14.0 Å². The molecule has 2 atom stereocenters. The van der Waals surface area contributed by atoms with Crippen molar-refractivity contribution >= 4 is 21.6 Å². The van der Waals surface area contributed by atoms with E-state index in [0.29, 0.717) is 37.4 Å². The summed E-state index contributed by atoms with van der Waals surface area (Å²) >= 11 is 0. The molecule has 0 radical (unpaired) electrons. The predicted molar refractivity (Wildman–Crippen MR) is 118 cm³/mol. The molecule has 1 aromatic heterocycles. The van der Waals surface area contributed by atoms with E-state index in [4.69, 9.17) is 9.15 Å². The number of aryl methyl sites for hydroxylation is 1. The highest BCUT2D eigenvalue weighted by Gasteiger charge is 2.33. The maximum atomic E-state index is 12.9. The number of hydrogen-bond donors (Lipinski definition) is 1. The Balaban J connectivity index is 1.49. The number of amides is 1. The Morgan fingerprint density at radius 2 is 1.97 bits per heavy atom. The van der Waals surface area contributed by atoms with Gasteiger partial charge in [0.1, 0.15) is 11.5 Å². The van der Waals surface area contributed by atoms with E-state index in [1.807, 2.05) is 26.0 Å². The maximum absolute atomic E-state index is 12.9. The minimum atomic E-state index is -3.35. The lowest BCUT2D eigenvalue weighted by molar-refractivity contribution is 0.0117. The van der Waals surface area contributed by atoms with Crippen molar-refractivity contribution in [1.82, 2.24) is 10.2 Å². The van der Waals surface area contributed by atoms with Crippen molar-refractivity contribution in [3.8, 4) is 0 Å². The van der Waals surface area contributed by atoms with Crippen molar-refractivity contribution in [2.75, 3.05) is 43.4 Å². The number of benzene rings is 1. The van der Waals surface area contributed by atoms with Gasteiger partial charge >= 0.3 is 0 Å². The highest BCUT2D eigenvalue weighted by atomic mass is 32.2. The monoisotopic (exact) mass is 447 g/mol. The molecule has 168 valence electrons. The number of furan rings is 1. The molecule has 9 heteroatoms. The van der Waals surface area contributed by atoms with E-state index in [2.05, 4.69) is 10.2 Å². The van der Waals surface area contributed by atoms with Gasteiger partial charge in [0.2, 0.25) is 10.0 Å². The molecule has 2 aliphatic heterocycles. The number of nitrogens with one attached hydrogen (secondary N) is 1. The molecule has 8 nitrogen and oxygen atoms in total. The molecule has 1 fully saturated rings. The van der Waals surface area contributed by atoms with Gasteiger partial charge in [0, 0.05) is 31.2 Å². The summed E-state index contributed by atoms with van der Waals surface area (Å²) in [5, 5.41) is 3.03. The molecule has 1 saturated heterocycles. The Hall–Kier alpha value is -2.36. The zero-order valence-corrected chi connectivity index (χ0v) is 18.9. The number of carbonyl (C=O) groups is 1. The maximum Gasteiger partial charge on any atom is 0.251 e. The first kappa shape index (κ1) is 21.9. The lowest BCUT2D eigenvalue weighted by Gasteiger charge is -2.33. The van der Waals surface area contributed by atoms with Gasteiger partial charge in [-0.25, -0.2) is 8.42 Å². The van der Waals surface area contributed by atoms with Gasteiger partial charge < -0.3 is 14.5 Å². The first-order chi connectivity index (χ1) is 14.7. The van der Waals surface area contributed by atoms with Crippen LogP contribution < -0.4 is 9.62 Å². The van der Waals surface area contributed by atoms with Gasteiger partial charge in [0.15, 0.2) is 0 Å². The number of morpholine rings is 1. The fraction of sp³-hybridized carbons (Fsp3) is 0.500. The van der Waals surface area contributed by atoms with Gasteiger partial charge in [0.05, 0.1) is 31.2 Å². The molecule has 4 rings (SSSR count). The third kappa shape index (κ3) is 4.63. The van der Waals surface area contributed by atoms with Gasteiger partial charge in [-0.05, 0) is 56.2 Å². The van der Waals surface area contributed by atoms with Crippen molar-refractivity contribution in [2.45, 2.75) is 32.4 Å². The van der Waals surface area contributed by atoms with Crippen LogP contribution in [0.3, 0.4) is 0 Å². The average Bonchev–Trinajstić information content (AvgIpc) is 3.30. The van der Waals surface area contributed by atoms with Crippen LogP contribution in [0.15, 0.2) is 34.7 Å². The SMILES string of the molecule is Cc1ccc([C@H](CNC(=O)c2ccc3c(c2)C[C@H](C)N3S(C)(=O)=O)N2CCOCC2)o1. The van der Waals surface area contributed by atoms with Gasteiger partial charge in [-0.2, -0.15) is 0 Å². The van der Waals surface area contributed by atoms with Crippen molar-refractivity contribution in [2.24, 2.45) is 0 Å². The molecule has 1 amide bonds. The molecule has 1 aromatic carbocycles. The molecule has 1 N–H and O–H groups in total. The van der Waals surface area contributed by atoms with Crippen molar-refractivity contribution in [1.29, 1.82) is 0 Å². The van der Waals surface area contributed by atoms with Crippen LogP contribution in [0.25, 0.3) is 0 Å². The van der Waals surface area contributed by atoms with E-state index in [-0.39, 0.29) is 18.0 Å². The first-order valence-corrected chi connectivity index (χ1v) is 12.4. The molecule has 3 heterocycles. The number of fused-ring (bicyclic) bond motifs is 1. The van der Waals surface area contributed by atoms with Crippen LogP contribution in [0.5, 0.6) is 0 Å². The summed E-state index contributed by atoms with van der Waals surface area (Å²) < 4.78 is 37.0. The number of hydrogen-bond acceptors (Lipinski definition) is 6. The molecule has 2 aliphatic rings. The molecule has 2 aromatic rings. The van der Waals surface area contributed by atoms with E-state index in [1.54, 1.807) is 18.2 Å². The zero-order valence-electron chi connectivity index (χ0n) is 18.1. The fourth-order valence-electron chi connectivity index (χ4n) is 4.47. The van der Waals surface area contributed by atoms with Crippen LogP contribution in [0.4, 0.5) is 5.69 Å². The minimum absolute atomic E-state index is 0.0725. The normalized spacial score (nSPS) is 20.5. The van der Waals surface area contributed by atoms with E-state index in [1.165, 1.54) is 10.6 Å². The summed E-state index contributed by atoms with van der Waals surface area (Å²) in [6, 6.07) is 8.87. The first-order valence-electron chi connectivity index (χ1n) is 10.5. The number of anilines is 1. The van der Waals surface area contributed by atoms with E-state index < -0.39 is 10.0 Å². The Morgan fingerprint density at radius 3 is 2.61 bits per heavy atom. The van der Waals surface area contributed by atoms with E-state index >= 15 is 0 Å². The molecular formula is C22H29N3O5S. The average molecular weight is 448 g/mol. The van der Waals surface area contributed by atoms with Crippen LogP contribution in [0.2, 0.25) is 0 Å². The predicted octanol–water partition coefficient (Wildman–Crippen LogP) is 2.10. The molecule has 31 heavy (non-hydrogen) atoms.